The standard InChI is InChI=1S/C28H34IN5O3/c1-2-12-33(14-11-29)28(37)21-15-19-5-6-20(16-25(19)32-26(30)17-21)27(36)31-22-7-9-23(10-8-22)34-13-3-4-24(35)18-34/h5-10,15-16,24,35H,2-4,11-14,17-18H2,1H3,(H2,30,32)(H,31,36). The average Bonchev–Trinajstić information content (AvgIpc) is 3.06. The van der Waals surface area contributed by atoms with Gasteiger partial charge in [-0.3, -0.25) is 9.59 Å². The molecule has 0 saturated carbocycles. The lowest BCUT2D eigenvalue weighted by molar-refractivity contribution is -0.126. The molecule has 2 aliphatic heterocycles. The van der Waals surface area contributed by atoms with Gasteiger partial charge in [-0.15, -0.1) is 0 Å². The fourth-order valence-corrected chi connectivity index (χ4v) is 5.29. The van der Waals surface area contributed by atoms with Crippen molar-refractivity contribution in [1.29, 1.82) is 0 Å². The van der Waals surface area contributed by atoms with Crippen molar-refractivity contribution in [2.75, 3.05) is 40.8 Å². The lowest BCUT2D eigenvalue weighted by atomic mass is 10.0. The van der Waals surface area contributed by atoms with Gasteiger partial charge in [0.15, 0.2) is 0 Å². The number of amidine groups is 1. The molecule has 8 nitrogen and oxygen atoms in total. The topological polar surface area (TPSA) is 111 Å². The van der Waals surface area contributed by atoms with Crippen molar-refractivity contribution in [3.63, 3.8) is 0 Å². The summed E-state index contributed by atoms with van der Waals surface area (Å²) in [6, 6.07) is 12.9. The normalized spacial score (nSPS) is 17.3. The van der Waals surface area contributed by atoms with Gasteiger partial charge in [0.05, 0.1) is 11.8 Å². The minimum Gasteiger partial charge on any atom is -0.391 e. The molecule has 0 spiro atoms. The van der Waals surface area contributed by atoms with Crippen LogP contribution in [0.25, 0.3) is 6.08 Å². The highest BCUT2D eigenvalue weighted by atomic mass is 127. The van der Waals surface area contributed by atoms with E-state index >= 15 is 0 Å². The van der Waals surface area contributed by atoms with E-state index in [0.29, 0.717) is 48.0 Å². The van der Waals surface area contributed by atoms with Gasteiger partial charge in [0.25, 0.3) is 5.91 Å². The Morgan fingerprint density at radius 1 is 1.22 bits per heavy atom. The number of hydrogen-bond acceptors (Lipinski definition) is 6. The van der Waals surface area contributed by atoms with Gasteiger partial charge in [-0.05, 0) is 61.7 Å². The second-order valence-electron chi connectivity index (χ2n) is 9.45. The Hall–Kier alpha value is -2.92. The Kier molecular flexibility index (Phi) is 9.20. The Labute approximate surface area is 231 Å². The number of nitrogens with two attached hydrogens (primary N) is 1. The van der Waals surface area contributed by atoms with Crippen molar-refractivity contribution in [3.05, 3.63) is 59.2 Å². The molecule has 2 aliphatic rings. The number of aliphatic hydroxyl groups is 1. The van der Waals surface area contributed by atoms with E-state index in [1.807, 2.05) is 41.3 Å². The lowest BCUT2D eigenvalue weighted by Crippen LogP contribution is -2.38. The summed E-state index contributed by atoms with van der Waals surface area (Å²) >= 11 is 2.28. The molecule has 4 N–H and O–H groups in total. The highest BCUT2D eigenvalue weighted by Crippen LogP contribution is 2.29. The zero-order chi connectivity index (χ0) is 26.4. The van der Waals surface area contributed by atoms with Gasteiger partial charge in [0.1, 0.15) is 5.84 Å². The number of carbonyl (C=O) groups excluding carboxylic acids is 2. The average molecular weight is 616 g/mol. The van der Waals surface area contributed by atoms with Crippen LogP contribution < -0.4 is 16.0 Å². The molecule has 1 atom stereocenters. The van der Waals surface area contributed by atoms with E-state index in [1.54, 1.807) is 12.1 Å². The van der Waals surface area contributed by atoms with Crippen LogP contribution in [0.1, 0.15) is 48.5 Å². The fourth-order valence-electron chi connectivity index (χ4n) is 4.71. The number of carbonyl (C=O) groups is 2. The number of hydrogen-bond donors (Lipinski definition) is 3. The number of alkyl halides is 1. The number of fused-ring (bicyclic) bond motifs is 1. The Morgan fingerprint density at radius 2 is 2.00 bits per heavy atom. The van der Waals surface area contributed by atoms with Gasteiger partial charge in [-0.1, -0.05) is 35.6 Å². The van der Waals surface area contributed by atoms with Crippen LogP contribution in [0, 0.1) is 0 Å². The molecule has 0 aromatic heterocycles. The second kappa shape index (κ2) is 12.6. The molecule has 37 heavy (non-hydrogen) atoms. The number of halogens is 1. The van der Waals surface area contributed by atoms with Crippen molar-refractivity contribution < 1.29 is 14.7 Å². The third kappa shape index (κ3) is 6.89. The van der Waals surface area contributed by atoms with E-state index in [2.05, 4.69) is 44.7 Å². The second-order valence-corrected chi connectivity index (χ2v) is 10.5. The van der Waals surface area contributed by atoms with Crippen molar-refractivity contribution in [2.24, 2.45) is 10.7 Å². The minimum atomic E-state index is -0.298. The van der Waals surface area contributed by atoms with Crippen molar-refractivity contribution in [2.45, 2.75) is 38.7 Å². The number of piperidine rings is 1. The van der Waals surface area contributed by atoms with Gasteiger partial charge in [0.2, 0.25) is 5.91 Å². The van der Waals surface area contributed by atoms with Gasteiger partial charge >= 0.3 is 0 Å². The first-order valence-electron chi connectivity index (χ1n) is 12.7. The minimum absolute atomic E-state index is 0.0196. The van der Waals surface area contributed by atoms with Crippen molar-refractivity contribution in [1.82, 2.24) is 4.90 Å². The zero-order valence-corrected chi connectivity index (χ0v) is 23.3. The van der Waals surface area contributed by atoms with Crippen LogP contribution in [0.5, 0.6) is 0 Å². The summed E-state index contributed by atoms with van der Waals surface area (Å²) in [5.41, 5.74) is 10.3. The SMILES string of the molecule is CCCN(CCI)C(=O)C1=Cc2ccc(C(=O)Nc3ccc(N4CCCC(O)C4)cc3)cc2N=C(N)C1. The smallest absolute Gasteiger partial charge is 0.255 e. The number of anilines is 2. The van der Waals surface area contributed by atoms with E-state index < -0.39 is 0 Å². The van der Waals surface area contributed by atoms with E-state index in [1.165, 1.54) is 0 Å². The monoisotopic (exact) mass is 615 g/mol. The van der Waals surface area contributed by atoms with Crippen molar-refractivity contribution >= 4 is 63.4 Å². The number of rotatable bonds is 8. The highest BCUT2D eigenvalue weighted by molar-refractivity contribution is 14.1. The number of aliphatic hydroxyl groups excluding tert-OH is 1. The number of amides is 2. The molecule has 0 bridgehead atoms. The first-order valence-corrected chi connectivity index (χ1v) is 14.3. The molecule has 4 rings (SSSR count). The maximum Gasteiger partial charge on any atom is 0.255 e. The molecule has 2 heterocycles. The van der Waals surface area contributed by atoms with E-state index in [0.717, 1.165) is 41.5 Å². The van der Waals surface area contributed by atoms with Gasteiger partial charge in [-0.2, -0.15) is 0 Å². The summed E-state index contributed by atoms with van der Waals surface area (Å²) in [5, 5.41) is 12.9. The quantitative estimate of drug-likeness (QED) is 0.302. The number of aliphatic imine (C=N–C) groups is 1. The molecule has 2 aromatic rings. The summed E-state index contributed by atoms with van der Waals surface area (Å²) in [6.07, 6.45) is 4.51. The predicted molar refractivity (Wildman–Crippen MR) is 158 cm³/mol. The Morgan fingerprint density at radius 3 is 2.70 bits per heavy atom. The van der Waals surface area contributed by atoms with Gasteiger partial charge in [-0.25, -0.2) is 4.99 Å². The summed E-state index contributed by atoms with van der Waals surface area (Å²) in [4.78, 5) is 34.7. The number of β-amino-alcohol motifs (C(OH)–C–C–N with tert-alkyl or cyclic N) is 1. The van der Waals surface area contributed by atoms with Gasteiger partial charge < -0.3 is 26.0 Å². The predicted octanol–water partition coefficient (Wildman–Crippen LogP) is 4.35. The maximum atomic E-state index is 13.2. The molecule has 0 aliphatic carbocycles. The van der Waals surface area contributed by atoms with E-state index in [9.17, 15) is 14.7 Å². The van der Waals surface area contributed by atoms with Crippen LogP contribution in [0.4, 0.5) is 17.1 Å². The summed E-state index contributed by atoms with van der Waals surface area (Å²) in [7, 11) is 0. The molecule has 9 heteroatoms. The molecule has 1 unspecified atom stereocenters. The third-order valence-electron chi connectivity index (χ3n) is 6.55. The molecule has 2 amide bonds. The van der Waals surface area contributed by atoms with E-state index in [-0.39, 0.29) is 24.3 Å². The summed E-state index contributed by atoms with van der Waals surface area (Å²) < 4.78 is 0.861. The number of nitrogens with zero attached hydrogens (tertiary/aromatic N) is 3. The molecule has 1 fully saturated rings. The number of nitrogens with one attached hydrogen (secondary N) is 1. The van der Waals surface area contributed by atoms with Crippen LogP contribution in [0.15, 0.2) is 53.0 Å². The summed E-state index contributed by atoms with van der Waals surface area (Å²) in [6.45, 7) is 4.98. The number of benzene rings is 2. The largest absolute Gasteiger partial charge is 0.391 e. The first kappa shape index (κ1) is 27.1. The van der Waals surface area contributed by atoms with Crippen LogP contribution >= 0.6 is 22.6 Å². The van der Waals surface area contributed by atoms with E-state index in [4.69, 9.17) is 5.73 Å². The zero-order valence-electron chi connectivity index (χ0n) is 21.1. The molecule has 2 aromatic carbocycles. The van der Waals surface area contributed by atoms with Gasteiger partial charge in [0, 0.05) is 65.1 Å². The molecule has 196 valence electrons. The first-order chi connectivity index (χ1) is 17.9. The molecular formula is C28H34IN5O3. The van der Waals surface area contributed by atoms with Crippen LogP contribution in [-0.4, -0.2) is 64.4 Å². The molecule has 1 saturated heterocycles. The third-order valence-corrected chi connectivity index (χ3v) is 7.04. The van der Waals surface area contributed by atoms with Crippen LogP contribution in [0.3, 0.4) is 0 Å². The Balaban J connectivity index is 1.49. The molecular weight excluding hydrogens is 581 g/mol. The molecule has 0 radical (unpaired) electrons. The Bertz CT molecular complexity index is 1190. The van der Waals surface area contributed by atoms with Crippen molar-refractivity contribution in [3.8, 4) is 0 Å². The van der Waals surface area contributed by atoms with Crippen LogP contribution in [0.2, 0.25) is 0 Å². The van der Waals surface area contributed by atoms with Crippen LogP contribution in [-0.2, 0) is 4.79 Å². The fraction of sp³-hybridized carbons (Fsp3) is 0.393. The highest BCUT2D eigenvalue weighted by Gasteiger charge is 2.22. The lowest BCUT2D eigenvalue weighted by Gasteiger charge is -2.32. The maximum absolute atomic E-state index is 13.2. The summed E-state index contributed by atoms with van der Waals surface area (Å²) in [5.74, 6) is 0.0764.